The molecule has 0 aliphatic carbocycles. The normalized spacial score (nSPS) is 13.4. The topological polar surface area (TPSA) is 29.9 Å². The summed E-state index contributed by atoms with van der Waals surface area (Å²) >= 11 is 0. The first-order valence-corrected chi connectivity index (χ1v) is 6.21. The smallest absolute Gasteiger partial charge is 0.0628 e. The molecule has 1 rings (SSSR count). The van der Waals surface area contributed by atoms with Crippen LogP contribution in [0.15, 0.2) is 0 Å². The van der Waals surface area contributed by atoms with Gasteiger partial charge in [0.1, 0.15) is 0 Å². The van der Waals surface area contributed by atoms with E-state index in [-0.39, 0.29) is 0 Å². The Kier molecular flexibility index (Phi) is 4.54. The molecule has 0 bridgehead atoms. The van der Waals surface area contributed by atoms with Crippen LogP contribution in [0.2, 0.25) is 0 Å². The van der Waals surface area contributed by atoms with Crippen molar-refractivity contribution in [2.75, 3.05) is 7.05 Å². The number of likely N-dealkylation sites (N-methyl/N-ethyl adjacent to an activating group) is 1. The average molecular weight is 223 g/mol. The van der Waals surface area contributed by atoms with E-state index in [1.807, 2.05) is 7.05 Å². The maximum absolute atomic E-state index is 4.63. The van der Waals surface area contributed by atoms with Crippen molar-refractivity contribution in [3.05, 3.63) is 17.0 Å². The number of hydrogen-bond donors (Lipinski definition) is 1. The molecule has 0 spiro atoms. The third kappa shape index (κ3) is 2.64. The summed E-state index contributed by atoms with van der Waals surface area (Å²) < 4.78 is 2.15. The minimum Gasteiger partial charge on any atom is -0.315 e. The van der Waals surface area contributed by atoms with E-state index in [9.17, 15) is 0 Å². The SMILES string of the molecule is CCc1c(C)nn(CC(NC)C(C)C)c1C. The Labute approximate surface area is 99.2 Å². The lowest BCUT2D eigenvalue weighted by Gasteiger charge is -2.20. The van der Waals surface area contributed by atoms with Gasteiger partial charge in [0.15, 0.2) is 0 Å². The van der Waals surface area contributed by atoms with Crippen LogP contribution in [0.5, 0.6) is 0 Å². The number of aromatic nitrogens is 2. The van der Waals surface area contributed by atoms with Gasteiger partial charge in [0, 0.05) is 11.7 Å². The molecule has 0 amide bonds. The fourth-order valence-electron chi connectivity index (χ4n) is 2.25. The molecular formula is C13H25N3. The van der Waals surface area contributed by atoms with Crippen molar-refractivity contribution in [1.29, 1.82) is 0 Å². The first kappa shape index (κ1) is 13.2. The molecule has 1 aromatic rings. The Morgan fingerprint density at radius 3 is 2.31 bits per heavy atom. The standard InChI is InChI=1S/C13H25N3/c1-7-12-10(4)15-16(11(12)5)8-13(14-6)9(2)3/h9,13-14H,7-8H2,1-6H3. The van der Waals surface area contributed by atoms with E-state index in [0.717, 1.165) is 13.0 Å². The predicted molar refractivity (Wildman–Crippen MR) is 68.8 cm³/mol. The Hall–Kier alpha value is -0.830. The predicted octanol–water partition coefficient (Wildman–Crippen LogP) is 2.31. The zero-order valence-corrected chi connectivity index (χ0v) is 11.5. The Bertz CT molecular complexity index is 339. The number of nitrogens with zero attached hydrogens (tertiary/aromatic N) is 2. The Morgan fingerprint density at radius 2 is 1.94 bits per heavy atom. The van der Waals surface area contributed by atoms with Crippen LogP contribution in [0.25, 0.3) is 0 Å². The maximum atomic E-state index is 4.63. The minimum atomic E-state index is 0.489. The van der Waals surface area contributed by atoms with Crippen LogP contribution in [-0.4, -0.2) is 22.9 Å². The van der Waals surface area contributed by atoms with Crippen LogP contribution >= 0.6 is 0 Å². The number of rotatable bonds is 5. The molecule has 3 heteroatoms. The highest BCUT2D eigenvalue weighted by Gasteiger charge is 2.15. The summed E-state index contributed by atoms with van der Waals surface area (Å²) in [6.07, 6.45) is 1.07. The molecular weight excluding hydrogens is 198 g/mol. The van der Waals surface area contributed by atoms with Gasteiger partial charge in [-0.2, -0.15) is 5.10 Å². The van der Waals surface area contributed by atoms with Gasteiger partial charge in [0.2, 0.25) is 0 Å². The van der Waals surface area contributed by atoms with Gasteiger partial charge in [-0.05, 0) is 38.8 Å². The van der Waals surface area contributed by atoms with E-state index in [4.69, 9.17) is 0 Å². The van der Waals surface area contributed by atoms with Crippen molar-refractivity contribution < 1.29 is 0 Å². The highest BCUT2D eigenvalue weighted by Crippen LogP contribution is 2.15. The van der Waals surface area contributed by atoms with E-state index in [1.54, 1.807) is 0 Å². The fraction of sp³-hybridized carbons (Fsp3) is 0.769. The monoisotopic (exact) mass is 223 g/mol. The summed E-state index contributed by atoms with van der Waals surface area (Å²) in [6.45, 7) is 11.9. The summed E-state index contributed by atoms with van der Waals surface area (Å²) in [4.78, 5) is 0. The molecule has 1 atom stereocenters. The van der Waals surface area contributed by atoms with E-state index in [1.165, 1.54) is 17.0 Å². The van der Waals surface area contributed by atoms with Gasteiger partial charge in [0.25, 0.3) is 0 Å². The summed E-state index contributed by atoms with van der Waals surface area (Å²) in [5.74, 6) is 0.624. The molecule has 92 valence electrons. The summed E-state index contributed by atoms with van der Waals surface area (Å²) in [5.41, 5.74) is 3.90. The van der Waals surface area contributed by atoms with E-state index >= 15 is 0 Å². The van der Waals surface area contributed by atoms with Gasteiger partial charge in [-0.15, -0.1) is 0 Å². The first-order valence-electron chi connectivity index (χ1n) is 6.21. The molecule has 0 aliphatic rings. The molecule has 16 heavy (non-hydrogen) atoms. The van der Waals surface area contributed by atoms with Crippen LogP contribution in [0.4, 0.5) is 0 Å². The molecule has 0 saturated carbocycles. The number of aryl methyl sites for hydroxylation is 1. The van der Waals surface area contributed by atoms with Crippen LogP contribution in [0, 0.1) is 19.8 Å². The van der Waals surface area contributed by atoms with E-state index < -0.39 is 0 Å². The molecule has 1 aromatic heterocycles. The van der Waals surface area contributed by atoms with Crippen LogP contribution in [0.3, 0.4) is 0 Å². The average Bonchev–Trinajstić information content (AvgIpc) is 2.49. The summed E-state index contributed by atoms with van der Waals surface area (Å²) in [6, 6.07) is 0.489. The van der Waals surface area contributed by atoms with E-state index in [2.05, 4.69) is 49.7 Å². The zero-order valence-electron chi connectivity index (χ0n) is 11.5. The van der Waals surface area contributed by atoms with Gasteiger partial charge in [-0.1, -0.05) is 20.8 Å². The quantitative estimate of drug-likeness (QED) is 0.830. The lowest BCUT2D eigenvalue weighted by molar-refractivity contribution is 0.359. The largest absolute Gasteiger partial charge is 0.315 e. The van der Waals surface area contributed by atoms with Crippen molar-refractivity contribution in [2.45, 2.75) is 53.6 Å². The molecule has 0 aromatic carbocycles. The molecule has 1 heterocycles. The summed E-state index contributed by atoms with van der Waals surface area (Å²) in [5, 5.41) is 7.99. The van der Waals surface area contributed by atoms with Crippen molar-refractivity contribution >= 4 is 0 Å². The van der Waals surface area contributed by atoms with Gasteiger partial charge in [-0.3, -0.25) is 4.68 Å². The molecule has 0 fully saturated rings. The molecule has 1 unspecified atom stereocenters. The number of nitrogens with one attached hydrogen (secondary N) is 1. The van der Waals surface area contributed by atoms with Gasteiger partial charge in [-0.25, -0.2) is 0 Å². The second kappa shape index (κ2) is 5.48. The highest BCUT2D eigenvalue weighted by molar-refractivity contribution is 5.24. The van der Waals surface area contributed by atoms with Gasteiger partial charge in [0.05, 0.1) is 12.2 Å². The number of hydrogen-bond acceptors (Lipinski definition) is 2. The summed E-state index contributed by atoms with van der Waals surface area (Å²) in [7, 11) is 2.02. The second-order valence-corrected chi connectivity index (χ2v) is 4.82. The van der Waals surface area contributed by atoms with Gasteiger partial charge < -0.3 is 5.32 Å². The third-order valence-corrected chi connectivity index (χ3v) is 3.43. The van der Waals surface area contributed by atoms with Crippen LogP contribution in [-0.2, 0) is 13.0 Å². The molecule has 0 radical (unpaired) electrons. The zero-order chi connectivity index (χ0) is 12.3. The second-order valence-electron chi connectivity index (χ2n) is 4.82. The Balaban J connectivity index is 2.89. The first-order chi connectivity index (χ1) is 7.51. The highest BCUT2D eigenvalue weighted by atomic mass is 15.3. The fourth-order valence-corrected chi connectivity index (χ4v) is 2.25. The van der Waals surface area contributed by atoms with Crippen molar-refractivity contribution in [3.8, 4) is 0 Å². The molecule has 3 nitrogen and oxygen atoms in total. The van der Waals surface area contributed by atoms with Crippen molar-refractivity contribution in [1.82, 2.24) is 15.1 Å². The van der Waals surface area contributed by atoms with Crippen LogP contribution in [0.1, 0.15) is 37.7 Å². The maximum Gasteiger partial charge on any atom is 0.0628 e. The lowest BCUT2D eigenvalue weighted by Crippen LogP contribution is -2.35. The lowest BCUT2D eigenvalue weighted by atomic mass is 10.0. The van der Waals surface area contributed by atoms with E-state index in [0.29, 0.717) is 12.0 Å². The minimum absolute atomic E-state index is 0.489. The third-order valence-electron chi connectivity index (χ3n) is 3.43. The van der Waals surface area contributed by atoms with Gasteiger partial charge >= 0.3 is 0 Å². The van der Waals surface area contributed by atoms with Crippen molar-refractivity contribution in [3.63, 3.8) is 0 Å². The van der Waals surface area contributed by atoms with Crippen LogP contribution < -0.4 is 5.32 Å². The molecule has 0 saturated heterocycles. The molecule has 0 aliphatic heterocycles. The van der Waals surface area contributed by atoms with Crippen molar-refractivity contribution in [2.24, 2.45) is 5.92 Å². The Morgan fingerprint density at radius 1 is 1.31 bits per heavy atom. The molecule has 1 N–H and O–H groups in total.